The highest BCUT2D eigenvalue weighted by Gasteiger charge is 2.12. The molecule has 1 aromatic carbocycles. The number of nitrogens with zero attached hydrogens (tertiary/aromatic N) is 3. The number of hydrazine groups is 1. The number of amides is 1. The van der Waals surface area contributed by atoms with Gasteiger partial charge in [-0.3, -0.25) is 15.6 Å². The van der Waals surface area contributed by atoms with Crippen LogP contribution in [0.15, 0.2) is 48.9 Å². The summed E-state index contributed by atoms with van der Waals surface area (Å²) in [5.41, 5.74) is 12.3. The molecule has 0 fully saturated rings. The fourth-order valence-corrected chi connectivity index (χ4v) is 2.38. The van der Waals surface area contributed by atoms with E-state index >= 15 is 0 Å². The fraction of sp³-hybridized carbons (Fsp3) is 0. The van der Waals surface area contributed by atoms with Crippen molar-refractivity contribution < 1.29 is 4.79 Å². The number of nitrogens with two attached hydrogens (primary N) is 1. The van der Waals surface area contributed by atoms with Crippen molar-refractivity contribution in [3.8, 4) is 0 Å². The van der Waals surface area contributed by atoms with Gasteiger partial charge in [0.15, 0.2) is 16.8 Å². The van der Waals surface area contributed by atoms with Gasteiger partial charge < -0.3 is 11.1 Å². The predicted molar refractivity (Wildman–Crippen MR) is 102 cm³/mol. The van der Waals surface area contributed by atoms with Crippen LogP contribution >= 0.6 is 23.2 Å². The van der Waals surface area contributed by atoms with Crippen LogP contribution < -0.4 is 21.9 Å². The minimum atomic E-state index is -0.393. The van der Waals surface area contributed by atoms with Crippen LogP contribution in [0.5, 0.6) is 0 Å². The molecule has 0 aliphatic heterocycles. The van der Waals surface area contributed by atoms with E-state index in [1.54, 1.807) is 42.6 Å². The van der Waals surface area contributed by atoms with Crippen LogP contribution in [0.25, 0.3) is 0 Å². The molecule has 0 unspecified atom stereocenters. The fourth-order valence-electron chi connectivity index (χ4n) is 2.02. The number of halogens is 2. The quantitative estimate of drug-likeness (QED) is 0.390. The lowest BCUT2D eigenvalue weighted by molar-refractivity contribution is 0.0962. The Balaban J connectivity index is 1.73. The van der Waals surface area contributed by atoms with Crippen LogP contribution in [0.1, 0.15) is 10.4 Å². The lowest BCUT2D eigenvalue weighted by atomic mass is 10.2. The van der Waals surface area contributed by atoms with Gasteiger partial charge in [0.05, 0.1) is 5.69 Å². The summed E-state index contributed by atoms with van der Waals surface area (Å²) < 4.78 is 0. The molecule has 132 valence electrons. The summed E-state index contributed by atoms with van der Waals surface area (Å²) in [5.74, 6) is 0.141. The number of carbonyl (C=O) groups excluding carboxylic acids is 1. The highest BCUT2D eigenvalue weighted by atomic mass is 35.5. The maximum absolute atomic E-state index is 12.1. The van der Waals surface area contributed by atoms with E-state index in [-0.39, 0.29) is 16.7 Å². The third kappa shape index (κ3) is 4.11. The first-order valence-electron chi connectivity index (χ1n) is 7.34. The Kier molecular flexibility index (Phi) is 5.35. The minimum absolute atomic E-state index is 0.193. The number of anilines is 4. The Labute approximate surface area is 158 Å². The van der Waals surface area contributed by atoms with Gasteiger partial charge in [-0.1, -0.05) is 29.3 Å². The van der Waals surface area contributed by atoms with Gasteiger partial charge in [0, 0.05) is 16.8 Å². The summed E-state index contributed by atoms with van der Waals surface area (Å²) in [6.07, 6.45) is 2.85. The van der Waals surface area contributed by atoms with Gasteiger partial charge in [-0.05, 0) is 30.3 Å². The summed E-state index contributed by atoms with van der Waals surface area (Å²) in [4.78, 5) is 24.2. The molecule has 8 nitrogen and oxygen atoms in total. The molecule has 3 rings (SSSR count). The number of rotatable bonds is 5. The van der Waals surface area contributed by atoms with Crippen molar-refractivity contribution in [3.63, 3.8) is 0 Å². The molecule has 0 saturated carbocycles. The first-order chi connectivity index (χ1) is 12.5. The van der Waals surface area contributed by atoms with E-state index in [9.17, 15) is 4.79 Å². The third-order valence-corrected chi connectivity index (χ3v) is 3.81. The highest BCUT2D eigenvalue weighted by molar-refractivity contribution is 6.32. The molecule has 3 aromatic rings. The third-order valence-electron chi connectivity index (χ3n) is 3.28. The van der Waals surface area contributed by atoms with Gasteiger partial charge in [-0.15, -0.1) is 0 Å². The molecule has 5 N–H and O–H groups in total. The minimum Gasteiger partial charge on any atom is -0.393 e. The van der Waals surface area contributed by atoms with E-state index in [0.29, 0.717) is 22.1 Å². The largest absolute Gasteiger partial charge is 0.393 e. The van der Waals surface area contributed by atoms with Gasteiger partial charge in [-0.25, -0.2) is 15.0 Å². The van der Waals surface area contributed by atoms with Crippen LogP contribution in [0.3, 0.4) is 0 Å². The van der Waals surface area contributed by atoms with Gasteiger partial charge >= 0.3 is 0 Å². The molecule has 0 saturated heterocycles. The first-order valence-corrected chi connectivity index (χ1v) is 8.10. The Bertz CT molecular complexity index is 951. The summed E-state index contributed by atoms with van der Waals surface area (Å²) in [7, 11) is 0. The number of carbonyl (C=O) groups is 1. The average molecular weight is 390 g/mol. The zero-order valence-corrected chi connectivity index (χ0v) is 14.7. The topological polar surface area (TPSA) is 118 Å². The number of hydrogen-bond acceptors (Lipinski definition) is 7. The van der Waals surface area contributed by atoms with Gasteiger partial charge in [-0.2, -0.15) is 0 Å². The molecule has 0 radical (unpaired) electrons. The zero-order chi connectivity index (χ0) is 18.5. The zero-order valence-electron chi connectivity index (χ0n) is 13.2. The van der Waals surface area contributed by atoms with E-state index in [1.807, 2.05) is 0 Å². The standard InChI is InChI=1S/C16H13Cl2N7O/c17-10-4-1-3-9(7-10)16(26)25-24-15-12(19)14(21-8-22-15)23-11-5-2-6-20-13(11)18/h1-8H,19H2,(H,25,26)(H2,21,22,23,24). The number of aromatic nitrogens is 3. The molecular weight excluding hydrogens is 377 g/mol. The van der Waals surface area contributed by atoms with E-state index in [1.165, 1.54) is 6.33 Å². The van der Waals surface area contributed by atoms with Gasteiger partial charge in [0.2, 0.25) is 0 Å². The Morgan fingerprint density at radius 1 is 1.04 bits per heavy atom. The molecular formula is C16H13Cl2N7O. The molecule has 26 heavy (non-hydrogen) atoms. The molecule has 1 amide bonds. The number of hydrogen-bond donors (Lipinski definition) is 4. The monoisotopic (exact) mass is 389 g/mol. The maximum atomic E-state index is 12.1. The van der Waals surface area contributed by atoms with Crippen molar-refractivity contribution in [1.82, 2.24) is 20.4 Å². The summed E-state index contributed by atoms with van der Waals surface area (Å²) in [6.45, 7) is 0. The average Bonchev–Trinajstić information content (AvgIpc) is 2.64. The molecule has 2 heterocycles. The molecule has 0 aliphatic rings. The number of benzene rings is 1. The van der Waals surface area contributed by atoms with Crippen molar-refractivity contribution in [1.29, 1.82) is 0 Å². The second kappa shape index (κ2) is 7.85. The Morgan fingerprint density at radius 2 is 1.85 bits per heavy atom. The molecule has 2 aromatic heterocycles. The van der Waals surface area contributed by atoms with Crippen LogP contribution in [-0.2, 0) is 0 Å². The van der Waals surface area contributed by atoms with Gasteiger partial charge in [0.1, 0.15) is 12.0 Å². The van der Waals surface area contributed by atoms with Crippen LogP contribution in [0, 0.1) is 0 Å². The number of nitrogen functional groups attached to an aromatic ring is 1. The first kappa shape index (κ1) is 17.7. The second-order valence-corrected chi connectivity index (χ2v) is 5.84. The number of pyridine rings is 1. The lowest BCUT2D eigenvalue weighted by Gasteiger charge is -2.13. The summed E-state index contributed by atoms with van der Waals surface area (Å²) >= 11 is 11.9. The van der Waals surface area contributed by atoms with Crippen molar-refractivity contribution >= 4 is 52.1 Å². The summed E-state index contributed by atoms with van der Waals surface area (Å²) in [5, 5.41) is 3.70. The Morgan fingerprint density at radius 3 is 2.62 bits per heavy atom. The molecule has 0 atom stereocenters. The molecule has 0 spiro atoms. The van der Waals surface area contributed by atoms with Crippen LogP contribution in [0.4, 0.5) is 23.0 Å². The van der Waals surface area contributed by atoms with Gasteiger partial charge in [0.25, 0.3) is 5.91 Å². The normalized spacial score (nSPS) is 10.2. The van der Waals surface area contributed by atoms with E-state index in [0.717, 1.165) is 0 Å². The van der Waals surface area contributed by atoms with Crippen LogP contribution in [0.2, 0.25) is 10.2 Å². The van der Waals surface area contributed by atoms with Crippen molar-refractivity contribution in [2.75, 3.05) is 16.5 Å². The van der Waals surface area contributed by atoms with Crippen molar-refractivity contribution in [3.05, 3.63) is 64.7 Å². The van der Waals surface area contributed by atoms with Crippen molar-refractivity contribution in [2.45, 2.75) is 0 Å². The van der Waals surface area contributed by atoms with E-state index in [4.69, 9.17) is 28.9 Å². The second-order valence-electron chi connectivity index (χ2n) is 5.04. The molecule has 10 heteroatoms. The highest BCUT2D eigenvalue weighted by Crippen LogP contribution is 2.28. The lowest BCUT2D eigenvalue weighted by Crippen LogP contribution is -2.30. The maximum Gasteiger partial charge on any atom is 0.269 e. The Hall–Kier alpha value is -3.10. The molecule has 0 bridgehead atoms. The van der Waals surface area contributed by atoms with Crippen LogP contribution in [-0.4, -0.2) is 20.9 Å². The SMILES string of the molecule is Nc1c(NNC(=O)c2cccc(Cl)c2)ncnc1Nc1cccnc1Cl. The summed E-state index contributed by atoms with van der Waals surface area (Å²) in [6, 6.07) is 9.97. The van der Waals surface area contributed by atoms with Crippen molar-refractivity contribution in [2.24, 2.45) is 0 Å². The van der Waals surface area contributed by atoms with E-state index < -0.39 is 5.91 Å². The predicted octanol–water partition coefficient (Wildman–Crippen LogP) is 3.26. The van der Waals surface area contributed by atoms with E-state index in [2.05, 4.69) is 31.1 Å². The number of nitrogens with one attached hydrogen (secondary N) is 3. The molecule has 0 aliphatic carbocycles. The smallest absolute Gasteiger partial charge is 0.269 e.